The summed E-state index contributed by atoms with van der Waals surface area (Å²) in [4.78, 5) is 21.5. The van der Waals surface area contributed by atoms with Gasteiger partial charge in [-0.15, -0.1) is 0 Å². The predicted molar refractivity (Wildman–Crippen MR) is 70.8 cm³/mol. The van der Waals surface area contributed by atoms with E-state index in [1.807, 2.05) is 26.0 Å². The lowest BCUT2D eigenvalue weighted by atomic mass is 9.98. The van der Waals surface area contributed by atoms with E-state index in [-0.39, 0.29) is 12.3 Å². The van der Waals surface area contributed by atoms with Gasteiger partial charge in [-0.25, -0.2) is 0 Å². The van der Waals surface area contributed by atoms with Gasteiger partial charge in [0.25, 0.3) is 0 Å². The summed E-state index contributed by atoms with van der Waals surface area (Å²) in [6, 6.07) is 3.85. The van der Waals surface area contributed by atoms with Crippen LogP contribution in [0.4, 0.5) is 5.69 Å². The van der Waals surface area contributed by atoms with Crippen molar-refractivity contribution in [1.82, 2.24) is 0 Å². The molecule has 0 aliphatic carbocycles. The number of carboxylic acids is 1. The first kappa shape index (κ1) is 14.2. The van der Waals surface area contributed by atoms with Crippen molar-refractivity contribution in [2.45, 2.75) is 40.0 Å². The second-order valence-corrected chi connectivity index (χ2v) is 4.51. The molecule has 0 aliphatic rings. The van der Waals surface area contributed by atoms with Crippen molar-refractivity contribution in [2.24, 2.45) is 0 Å². The van der Waals surface area contributed by atoms with Crippen LogP contribution in [0.3, 0.4) is 0 Å². The molecule has 4 heteroatoms. The summed E-state index contributed by atoms with van der Waals surface area (Å²) in [5, 5.41) is 11.4. The van der Waals surface area contributed by atoms with E-state index < -0.39 is 5.97 Å². The fourth-order valence-corrected chi connectivity index (χ4v) is 1.90. The minimum atomic E-state index is -0.776. The Morgan fingerprint density at radius 1 is 1.28 bits per heavy atom. The van der Waals surface area contributed by atoms with Crippen molar-refractivity contribution < 1.29 is 14.7 Å². The maximum Gasteiger partial charge on any atom is 0.303 e. The monoisotopic (exact) mass is 249 g/mol. The Bertz CT molecular complexity index is 466. The number of anilines is 1. The van der Waals surface area contributed by atoms with Crippen LogP contribution < -0.4 is 5.32 Å². The van der Waals surface area contributed by atoms with Gasteiger partial charge in [-0.3, -0.25) is 9.59 Å². The van der Waals surface area contributed by atoms with Crippen molar-refractivity contribution in [3.05, 3.63) is 28.8 Å². The van der Waals surface area contributed by atoms with Crippen LogP contribution in [0.15, 0.2) is 12.1 Å². The van der Waals surface area contributed by atoms with Crippen LogP contribution in [0.1, 0.15) is 36.5 Å². The largest absolute Gasteiger partial charge is 0.481 e. The summed E-state index contributed by atoms with van der Waals surface area (Å²) in [5.41, 5.74) is 4.14. The highest BCUT2D eigenvalue weighted by Crippen LogP contribution is 2.21. The topological polar surface area (TPSA) is 66.4 Å². The first-order chi connectivity index (χ1) is 8.40. The number of benzene rings is 1. The zero-order valence-corrected chi connectivity index (χ0v) is 11.0. The molecule has 0 heterocycles. The van der Waals surface area contributed by atoms with Gasteiger partial charge in [0, 0.05) is 19.0 Å². The number of carbonyl (C=O) groups is 2. The van der Waals surface area contributed by atoms with E-state index in [0.29, 0.717) is 12.8 Å². The molecule has 2 N–H and O–H groups in total. The van der Waals surface area contributed by atoms with Gasteiger partial charge in [-0.2, -0.15) is 0 Å². The lowest BCUT2D eigenvalue weighted by molar-refractivity contribution is -0.137. The molecule has 4 nitrogen and oxygen atoms in total. The zero-order chi connectivity index (χ0) is 13.7. The van der Waals surface area contributed by atoms with Gasteiger partial charge in [0.05, 0.1) is 0 Å². The van der Waals surface area contributed by atoms with Gasteiger partial charge in [0.1, 0.15) is 0 Å². The van der Waals surface area contributed by atoms with Crippen LogP contribution in [0, 0.1) is 13.8 Å². The molecular weight excluding hydrogens is 230 g/mol. The number of carbonyl (C=O) groups excluding carboxylic acids is 1. The number of amides is 1. The van der Waals surface area contributed by atoms with Gasteiger partial charge in [0.15, 0.2) is 0 Å². The Balaban J connectivity index is 2.84. The third-order valence-electron chi connectivity index (χ3n) is 2.93. The van der Waals surface area contributed by atoms with Crippen LogP contribution >= 0.6 is 0 Å². The fourth-order valence-electron chi connectivity index (χ4n) is 1.90. The molecule has 0 radical (unpaired) electrons. The molecule has 1 amide bonds. The number of nitrogens with one attached hydrogen (secondary N) is 1. The van der Waals surface area contributed by atoms with Crippen LogP contribution in [-0.2, 0) is 16.0 Å². The van der Waals surface area contributed by atoms with Gasteiger partial charge in [-0.05, 0) is 55.5 Å². The first-order valence-electron chi connectivity index (χ1n) is 5.99. The molecule has 0 saturated heterocycles. The number of rotatable bonds is 5. The van der Waals surface area contributed by atoms with Crippen LogP contribution in [0.5, 0.6) is 0 Å². The normalized spacial score (nSPS) is 10.2. The van der Waals surface area contributed by atoms with Gasteiger partial charge < -0.3 is 10.4 Å². The number of aliphatic carboxylic acids is 1. The van der Waals surface area contributed by atoms with E-state index in [1.54, 1.807) is 0 Å². The first-order valence-corrected chi connectivity index (χ1v) is 5.99. The molecule has 0 spiro atoms. The highest BCUT2D eigenvalue weighted by Gasteiger charge is 2.06. The molecule has 1 aromatic carbocycles. The van der Waals surface area contributed by atoms with Crippen molar-refractivity contribution in [3.63, 3.8) is 0 Å². The summed E-state index contributed by atoms with van der Waals surface area (Å²) in [7, 11) is 0. The molecule has 0 saturated carbocycles. The second-order valence-electron chi connectivity index (χ2n) is 4.51. The standard InChI is InChI=1S/C14H19NO3/c1-9-7-13(15-11(3)16)8-12(10(9)2)5-4-6-14(17)18/h7-8H,4-6H2,1-3H3,(H,15,16)(H,17,18). The molecule has 0 unspecified atom stereocenters. The van der Waals surface area contributed by atoms with Crippen LogP contribution in [-0.4, -0.2) is 17.0 Å². The third-order valence-corrected chi connectivity index (χ3v) is 2.93. The van der Waals surface area contributed by atoms with Gasteiger partial charge in [0.2, 0.25) is 5.91 Å². The molecule has 98 valence electrons. The summed E-state index contributed by atoms with van der Waals surface area (Å²) >= 11 is 0. The summed E-state index contributed by atoms with van der Waals surface area (Å²) < 4.78 is 0. The molecule has 0 aromatic heterocycles. The average molecular weight is 249 g/mol. The van der Waals surface area contributed by atoms with Crippen molar-refractivity contribution >= 4 is 17.6 Å². The number of hydrogen-bond acceptors (Lipinski definition) is 2. The molecule has 0 fully saturated rings. The van der Waals surface area contributed by atoms with E-state index in [0.717, 1.165) is 22.4 Å². The molecule has 0 atom stereocenters. The van der Waals surface area contributed by atoms with E-state index in [1.165, 1.54) is 6.92 Å². The fraction of sp³-hybridized carbons (Fsp3) is 0.429. The van der Waals surface area contributed by atoms with Crippen molar-refractivity contribution in [1.29, 1.82) is 0 Å². The number of hydrogen-bond donors (Lipinski definition) is 2. The molecule has 18 heavy (non-hydrogen) atoms. The Kier molecular flexibility index (Phi) is 4.89. The number of aryl methyl sites for hydroxylation is 2. The maximum atomic E-state index is 11.0. The minimum Gasteiger partial charge on any atom is -0.481 e. The Labute approximate surface area is 107 Å². The average Bonchev–Trinajstić information content (AvgIpc) is 2.23. The van der Waals surface area contributed by atoms with Crippen molar-refractivity contribution in [2.75, 3.05) is 5.32 Å². The molecule has 1 aromatic rings. The van der Waals surface area contributed by atoms with E-state index in [9.17, 15) is 9.59 Å². The maximum absolute atomic E-state index is 11.0. The van der Waals surface area contributed by atoms with Gasteiger partial charge >= 0.3 is 5.97 Å². The minimum absolute atomic E-state index is 0.102. The van der Waals surface area contributed by atoms with Gasteiger partial charge in [-0.1, -0.05) is 0 Å². The third kappa shape index (κ3) is 4.20. The second kappa shape index (κ2) is 6.19. The van der Waals surface area contributed by atoms with E-state index in [2.05, 4.69) is 5.32 Å². The van der Waals surface area contributed by atoms with Crippen LogP contribution in [0.2, 0.25) is 0 Å². The predicted octanol–water partition coefficient (Wildman–Crippen LogP) is 2.67. The quantitative estimate of drug-likeness (QED) is 0.843. The Morgan fingerprint density at radius 3 is 2.50 bits per heavy atom. The molecule has 0 aliphatic heterocycles. The SMILES string of the molecule is CC(=O)Nc1cc(C)c(C)c(CCCC(=O)O)c1. The summed E-state index contributed by atoms with van der Waals surface area (Å²) in [6.07, 6.45) is 1.49. The zero-order valence-electron chi connectivity index (χ0n) is 11.0. The summed E-state index contributed by atoms with van der Waals surface area (Å²) in [5.74, 6) is -0.878. The lowest BCUT2D eigenvalue weighted by Crippen LogP contribution is -2.07. The Hall–Kier alpha value is -1.84. The highest BCUT2D eigenvalue weighted by molar-refractivity contribution is 5.88. The van der Waals surface area contributed by atoms with E-state index in [4.69, 9.17) is 5.11 Å². The van der Waals surface area contributed by atoms with Crippen LogP contribution in [0.25, 0.3) is 0 Å². The van der Waals surface area contributed by atoms with E-state index >= 15 is 0 Å². The number of carboxylic acid groups (broad SMARTS) is 1. The lowest BCUT2D eigenvalue weighted by Gasteiger charge is -2.12. The highest BCUT2D eigenvalue weighted by atomic mass is 16.4. The summed E-state index contributed by atoms with van der Waals surface area (Å²) in [6.45, 7) is 5.48. The van der Waals surface area contributed by atoms with Crippen molar-refractivity contribution in [3.8, 4) is 0 Å². The molecule has 0 bridgehead atoms. The molecule has 1 rings (SSSR count). The molecular formula is C14H19NO3. The smallest absolute Gasteiger partial charge is 0.303 e. The Morgan fingerprint density at radius 2 is 1.94 bits per heavy atom.